The lowest BCUT2D eigenvalue weighted by Gasteiger charge is -2.16. The van der Waals surface area contributed by atoms with E-state index >= 15 is 0 Å². The van der Waals surface area contributed by atoms with E-state index in [1.54, 1.807) is 43.3 Å². The van der Waals surface area contributed by atoms with E-state index in [9.17, 15) is 26.7 Å². The van der Waals surface area contributed by atoms with Gasteiger partial charge in [-0.1, -0.05) is 32.4 Å². The molecule has 5 nitrogen and oxygen atoms in total. The minimum absolute atomic E-state index is 0.0430. The van der Waals surface area contributed by atoms with Crippen LogP contribution in [0.2, 0.25) is 0 Å². The number of aryl methyl sites for hydroxylation is 1. The number of rotatable bonds is 18. The van der Waals surface area contributed by atoms with Gasteiger partial charge in [-0.3, -0.25) is 4.79 Å². The standard InChI is InChI=1S/C32H37F5O5/c1-4-5-6-9-23-10-13-26(30(18-23)42-32(35,36)37)29-19-24-11-12-25(20-28(24)41-29)40-17-8-15-31(33,34)14-7-16-39-21-27(38)22(2)3/h10-13,18-20H,2,4-9,14-17,21H2,1,3H3. The molecule has 0 radical (unpaired) electrons. The van der Waals surface area contributed by atoms with Crippen LogP contribution in [0.4, 0.5) is 22.0 Å². The molecule has 0 saturated carbocycles. The minimum Gasteiger partial charge on any atom is -0.493 e. The largest absolute Gasteiger partial charge is 0.573 e. The van der Waals surface area contributed by atoms with Crippen LogP contribution in [-0.2, 0) is 16.0 Å². The van der Waals surface area contributed by atoms with Crippen molar-refractivity contribution in [2.45, 2.75) is 77.5 Å². The highest BCUT2D eigenvalue weighted by atomic mass is 19.4. The second-order valence-corrected chi connectivity index (χ2v) is 10.3. The Morgan fingerprint density at radius 1 is 0.929 bits per heavy atom. The normalized spacial score (nSPS) is 12.1. The van der Waals surface area contributed by atoms with Gasteiger partial charge in [0.15, 0.2) is 5.78 Å². The predicted molar refractivity (Wildman–Crippen MR) is 151 cm³/mol. The number of carbonyl (C=O) groups is 1. The highest BCUT2D eigenvalue weighted by Gasteiger charge is 2.33. The van der Waals surface area contributed by atoms with Crippen molar-refractivity contribution in [3.8, 4) is 22.8 Å². The van der Waals surface area contributed by atoms with Gasteiger partial charge in [0, 0.05) is 30.9 Å². The average molecular weight is 597 g/mol. The van der Waals surface area contributed by atoms with E-state index in [0.29, 0.717) is 28.7 Å². The number of hydrogen-bond acceptors (Lipinski definition) is 5. The zero-order chi connectivity index (χ0) is 30.8. The van der Waals surface area contributed by atoms with Crippen LogP contribution in [0.25, 0.3) is 22.3 Å². The smallest absolute Gasteiger partial charge is 0.493 e. The number of halogens is 5. The number of hydrogen-bond donors (Lipinski definition) is 0. The maximum absolute atomic E-state index is 14.2. The predicted octanol–water partition coefficient (Wildman–Crippen LogP) is 9.47. The summed E-state index contributed by atoms with van der Waals surface area (Å²) in [6.07, 6.45) is -1.90. The topological polar surface area (TPSA) is 57.9 Å². The van der Waals surface area contributed by atoms with Gasteiger partial charge < -0.3 is 18.6 Å². The molecule has 1 aromatic heterocycles. The van der Waals surface area contributed by atoms with E-state index < -0.39 is 12.3 Å². The van der Waals surface area contributed by atoms with Crippen molar-refractivity contribution >= 4 is 16.8 Å². The summed E-state index contributed by atoms with van der Waals surface area (Å²) in [5, 5.41) is 0.640. The Kier molecular flexibility index (Phi) is 12.0. The molecule has 230 valence electrons. The SMILES string of the molecule is C=C(C)C(=O)COCCCC(F)(F)CCCOc1ccc2cc(-c3ccc(CCCCC)cc3OC(F)(F)F)oc2c1. The van der Waals surface area contributed by atoms with Crippen molar-refractivity contribution in [2.75, 3.05) is 19.8 Å². The number of fused-ring (bicyclic) bond motifs is 1. The first-order valence-corrected chi connectivity index (χ1v) is 14.1. The number of carbonyl (C=O) groups excluding carboxylic acids is 1. The van der Waals surface area contributed by atoms with Gasteiger partial charge in [0.2, 0.25) is 5.92 Å². The van der Waals surface area contributed by atoms with Crippen LogP contribution in [0.3, 0.4) is 0 Å². The number of unbranched alkanes of at least 4 members (excludes halogenated alkanes) is 2. The molecule has 3 aromatic rings. The van der Waals surface area contributed by atoms with Crippen molar-refractivity contribution < 1.29 is 45.4 Å². The number of ether oxygens (including phenoxy) is 3. The lowest BCUT2D eigenvalue weighted by Crippen LogP contribution is -2.18. The van der Waals surface area contributed by atoms with Crippen LogP contribution in [0, 0.1) is 0 Å². The summed E-state index contributed by atoms with van der Waals surface area (Å²) in [6.45, 7) is 7.06. The molecule has 0 unspecified atom stereocenters. The molecule has 0 aliphatic rings. The zero-order valence-corrected chi connectivity index (χ0v) is 24.0. The lowest BCUT2D eigenvalue weighted by atomic mass is 10.0. The highest BCUT2D eigenvalue weighted by Crippen LogP contribution is 2.38. The second kappa shape index (κ2) is 15.2. The number of ketones is 1. The lowest BCUT2D eigenvalue weighted by molar-refractivity contribution is -0.274. The Bertz CT molecular complexity index is 1330. The van der Waals surface area contributed by atoms with Gasteiger partial charge in [-0.2, -0.15) is 0 Å². The molecular formula is C32H37F5O5. The maximum atomic E-state index is 14.2. The molecule has 0 N–H and O–H groups in total. The molecule has 0 saturated heterocycles. The van der Waals surface area contributed by atoms with Gasteiger partial charge in [0.05, 0.1) is 12.2 Å². The first-order chi connectivity index (χ1) is 19.9. The summed E-state index contributed by atoms with van der Waals surface area (Å²) in [5.41, 5.74) is 1.65. The summed E-state index contributed by atoms with van der Waals surface area (Å²) < 4.78 is 88.8. The van der Waals surface area contributed by atoms with Gasteiger partial charge in [0.1, 0.15) is 29.4 Å². The zero-order valence-electron chi connectivity index (χ0n) is 24.0. The molecular weight excluding hydrogens is 559 g/mol. The first kappa shape index (κ1) is 33.1. The highest BCUT2D eigenvalue weighted by molar-refractivity contribution is 5.95. The molecule has 0 fully saturated rings. The van der Waals surface area contributed by atoms with Crippen molar-refractivity contribution in [1.82, 2.24) is 0 Å². The Morgan fingerprint density at radius 3 is 2.36 bits per heavy atom. The van der Waals surface area contributed by atoms with Crippen LogP contribution in [-0.4, -0.2) is 37.9 Å². The Balaban J connectivity index is 1.57. The van der Waals surface area contributed by atoms with Crippen LogP contribution in [0.1, 0.15) is 64.4 Å². The fraction of sp³-hybridized carbons (Fsp3) is 0.469. The molecule has 1 heterocycles. The third kappa shape index (κ3) is 10.8. The van der Waals surface area contributed by atoms with Crippen molar-refractivity contribution in [2.24, 2.45) is 0 Å². The van der Waals surface area contributed by atoms with Gasteiger partial charge in [0.25, 0.3) is 0 Å². The Morgan fingerprint density at radius 2 is 1.67 bits per heavy atom. The monoisotopic (exact) mass is 596 g/mol. The summed E-state index contributed by atoms with van der Waals surface area (Å²) in [4.78, 5) is 11.4. The summed E-state index contributed by atoms with van der Waals surface area (Å²) >= 11 is 0. The molecule has 0 atom stereocenters. The quantitative estimate of drug-likeness (QED) is 0.0832. The van der Waals surface area contributed by atoms with Crippen LogP contribution in [0.5, 0.6) is 11.5 Å². The van der Waals surface area contributed by atoms with E-state index in [-0.39, 0.29) is 68.4 Å². The van der Waals surface area contributed by atoms with E-state index in [1.165, 1.54) is 6.07 Å². The van der Waals surface area contributed by atoms with Crippen molar-refractivity contribution in [3.63, 3.8) is 0 Å². The fourth-order valence-corrected chi connectivity index (χ4v) is 4.31. The van der Waals surface area contributed by atoms with Crippen LogP contribution >= 0.6 is 0 Å². The second-order valence-electron chi connectivity index (χ2n) is 10.3. The van der Waals surface area contributed by atoms with Crippen molar-refractivity contribution in [1.29, 1.82) is 0 Å². The molecule has 0 bridgehead atoms. The Hall–Kier alpha value is -3.40. The average Bonchev–Trinajstić information content (AvgIpc) is 3.33. The van der Waals surface area contributed by atoms with Gasteiger partial charge in [-0.05, 0) is 74.1 Å². The van der Waals surface area contributed by atoms with E-state index in [2.05, 4.69) is 18.2 Å². The van der Waals surface area contributed by atoms with Gasteiger partial charge in [-0.25, -0.2) is 8.78 Å². The number of furan rings is 1. The van der Waals surface area contributed by atoms with Crippen LogP contribution in [0.15, 0.2) is 59.0 Å². The third-order valence-electron chi connectivity index (χ3n) is 6.59. The number of benzene rings is 2. The number of alkyl halides is 5. The summed E-state index contributed by atoms with van der Waals surface area (Å²) in [7, 11) is 0. The number of Topliss-reactive ketones (excluding diaryl/α,β-unsaturated/α-hetero) is 1. The fourth-order valence-electron chi connectivity index (χ4n) is 4.31. The molecule has 42 heavy (non-hydrogen) atoms. The van der Waals surface area contributed by atoms with Gasteiger partial charge >= 0.3 is 6.36 Å². The molecule has 0 spiro atoms. The molecule has 10 heteroatoms. The Labute approximate surface area is 242 Å². The minimum atomic E-state index is -4.86. The summed E-state index contributed by atoms with van der Waals surface area (Å²) in [6, 6.07) is 11.3. The maximum Gasteiger partial charge on any atom is 0.573 e. The molecule has 0 amide bonds. The molecule has 2 aromatic carbocycles. The summed E-state index contributed by atoms with van der Waals surface area (Å²) in [5.74, 6) is -2.89. The molecule has 0 aliphatic heterocycles. The van der Waals surface area contributed by atoms with Crippen molar-refractivity contribution in [3.05, 3.63) is 60.2 Å². The third-order valence-corrected chi connectivity index (χ3v) is 6.59. The van der Waals surface area contributed by atoms with Gasteiger partial charge in [-0.15, -0.1) is 13.2 Å². The molecule has 3 rings (SSSR count). The van der Waals surface area contributed by atoms with E-state index in [0.717, 1.165) is 24.8 Å². The van der Waals surface area contributed by atoms with E-state index in [4.69, 9.17) is 13.9 Å². The first-order valence-electron chi connectivity index (χ1n) is 14.1. The van der Waals surface area contributed by atoms with Crippen LogP contribution < -0.4 is 9.47 Å². The van der Waals surface area contributed by atoms with E-state index in [1.807, 2.05) is 0 Å². The molecule has 0 aliphatic carbocycles.